The first-order chi connectivity index (χ1) is 11.7. The van der Waals surface area contributed by atoms with Crippen molar-refractivity contribution in [1.82, 2.24) is 20.2 Å². The van der Waals surface area contributed by atoms with Crippen molar-refractivity contribution in [2.45, 2.75) is 0 Å². The van der Waals surface area contributed by atoms with Gasteiger partial charge in [0, 0.05) is 0 Å². The van der Waals surface area contributed by atoms with E-state index in [1.165, 1.54) is 11.0 Å². The molecule has 0 N–H and O–H groups in total. The second kappa shape index (κ2) is 7.56. The number of nitrogens with zero attached hydrogens (tertiary/aromatic N) is 4. The third-order valence-electron chi connectivity index (χ3n) is 3.11. The number of hydrogen-bond donors (Lipinski definition) is 0. The number of tetrazole rings is 1. The van der Waals surface area contributed by atoms with E-state index >= 15 is 0 Å². The van der Waals surface area contributed by atoms with Gasteiger partial charge in [0.1, 0.15) is 25.3 Å². The van der Waals surface area contributed by atoms with Crippen LogP contribution < -0.4 is 4.74 Å². The van der Waals surface area contributed by atoms with Crippen LogP contribution in [0.4, 0.5) is 0 Å². The molecule has 0 atom stereocenters. The zero-order valence-electron chi connectivity index (χ0n) is 12.5. The van der Waals surface area contributed by atoms with Crippen LogP contribution >= 0.6 is 11.6 Å². The molecular formula is C16H13ClN4O3. The summed E-state index contributed by atoms with van der Waals surface area (Å²) in [5.41, 5.74) is 1.07. The Hall–Kier alpha value is -2.93. The lowest BCUT2D eigenvalue weighted by molar-refractivity contribution is 0.0450. The topological polar surface area (TPSA) is 79.1 Å². The zero-order chi connectivity index (χ0) is 16.8. The van der Waals surface area contributed by atoms with Crippen LogP contribution in [0.15, 0.2) is 54.9 Å². The van der Waals surface area contributed by atoms with Crippen molar-refractivity contribution in [3.8, 4) is 11.4 Å². The van der Waals surface area contributed by atoms with Gasteiger partial charge in [-0.25, -0.2) is 9.48 Å². The van der Waals surface area contributed by atoms with Crippen LogP contribution in [0, 0.1) is 0 Å². The van der Waals surface area contributed by atoms with Gasteiger partial charge in [-0.15, -0.1) is 5.10 Å². The number of carbonyl (C=O) groups excluding carboxylic acids is 1. The summed E-state index contributed by atoms with van der Waals surface area (Å²) < 4.78 is 12.1. The molecule has 1 aromatic heterocycles. The van der Waals surface area contributed by atoms with E-state index in [4.69, 9.17) is 21.1 Å². The zero-order valence-corrected chi connectivity index (χ0v) is 13.3. The molecule has 0 amide bonds. The van der Waals surface area contributed by atoms with E-state index in [-0.39, 0.29) is 13.2 Å². The summed E-state index contributed by atoms with van der Waals surface area (Å²) in [7, 11) is 0. The van der Waals surface area contributed by atoms with Crippen LogP contribution in [0.1, 0.15) is 10.4 Å². The van der Waals surface area contributed by atoms with Crippen LogP contribution in [0.3, 0.4) is 0 Å². The van der Waals surface area contributed by atoms with Crippen molar-refractivity contribution in [1.29, 1.82) is 0 Å². The van der Waals surface area contributed by atoms with Gasteiger partial charge in [-0.3, -0.25) is 0 Å². The monoisotopic (exact) mass is 344 g/mol. The first kappa shape index (κ1) is 15.9. The molecule has 24 heavy (non-hydrogen) atoms. The molecule has 0 radical (unpaired) electrons. The fraction of sp³-hybridized carbons (Fsp3) is 0.125. The van der Waals surface area contributed by atoms with Crippen molar-refractivity contribution in [2.24, 2.45) is 0 Å². The van der Waals surface area contributed by atoms with Gasteiger partial charge in [-0.1, -0.05) is 29.8 Å². The summed E-state index contributed by atoms with van der Waals surface area (Å²) in [5, 5.41) is 11.4. The first-order valence-corrected chi connectivity index (χ1v) is 7.50. The minimum absolute atomic E-state index is 0.110. The Morgan fingerprint density at radius 2 is 2.00 bits per heavy atom. The molecule has 7 nitrogen and oxygen atoms in total. The predicted octanol–water partition coefficient (Wildman–Crippen LogP) is 2.55. The highest BCUT2D eigenvalue weighted by molar-refractivity contribution is 6.32. The van der Waals surface area contributed by atoms with E-state index < -0.39 is 5.97 Å². The first-order valence-electron chi connectivity index (χ1n) is 7.12. The lowest BCUT2D eigenvalue weighted by Crippen LogP contribution is -2.13. The van der Waals surface area contributed by atoms with Crippen molar-refractivity contribution >= 4 is 17.6 Å². The summed E-state index contributed by atoms with van der Waals surface area (Å²) in [6, 6.07) is 13.9. The maximum Gasteiger partial charge on any atom is 0.338 e. The fourth-order valence-corrected chi connectivity index (χ4v) is 2.18. The highest BCUT2D eigenvalue weighted by atomic mass is 35.5. The number of halogens is 1. The maximum absolute atomic E-state index is 12.1. The van der Waals surface area contributed by atoms with Gasteiger partial charge >= 0.3 is 5.97 Å². The standard InChI is InChI=1S/C16H13ClN4O3/c17-14-6-1-2-7-15(14)23-8-9-24-16(22)12-4-3-5-13(10-12)21-11-18-19-20-21/h1-7,10-11H,8-9H2. The number of esters is 1. The summed E-state index contributed by atoms with van der Waals surface area (Å²) in [5.74, 6) is 0.101. The number of aromatic nitrogens is 4. The van der Waals surface area contributed by atoms with E-state index in [1.807, 2.05) is 12.1 Å². The van der Waals surface area contributed by atoms with Gasteiger partial charge in [0.15, 0.2) is 0 Å². The number of carbonyl (C=O) groups is 1. The fourth-order valence-electron chi connectivity index (χ4n) is 1.99. The van der Waals surface area contributed by atoms with Gasteiger partial charge in [0.2, 0.25) is 0 Å². The number of rotatable bonds is 6. The van der Waals surface area contributed by atoms with Crippen molar-refractivity contribution < 1.29 is 14.3 Å². The van der Waals surface area contributed by atoms with Crippen molar-refractivity contribution in [3.05, 3.63) is 65.4 Å². The number of hydrogen-bond acceptors (Lipinski definition) is 6. The lowest BCUT2D eigenvalue weighted by Gasteiger charge is -2.09. The molecule has 0 spiro atoms. The van der Waals surface area contributed by atoms with E-state index in [1.54, 1.807) is 36.4 Å². The largest absolute Gasteiger partial charge is 0.488 e. The van der Waals surface area contributed by atoms with E-state index in [0.717, 1.165) is 0 Å². The summed E-state index contributed by atoms with van der Waals surface area (Å²) in [6.07, 6.45) is 1.45. The molecular weight excluding hydrogens is 332 g/mol. The molecule has 0 aliphatic heterocycles. The lowest BCUT2D eigenvalue weighted by atomic mass is 10.2. The Bertz CT molecular complexity index is 824. The Morgan fingerprint density at radius 1 is 1.12 bits per heavy atom. The van der Waals surface area contributed by atoms with Crippen LogP contribution in [0.25, 0.3) is 5.69 Å². The summed E-state index contributed by atoms with van der Waals surface area (Å²) in [4.78, 5) is 12.1. The highest BCUT2D eigenvalue weighted by Gasteiger charge is 2.09. The minimum Gasteiger partial charge on any atom is -0.488 e. The van der Waals surface area contributed by atoms with Crippen molar-refractivity contribution in [3.63, 3.8) is 0 Å². The molecule has 0 fully saturated rings. The number of benzene rings is 2. The average molecular weight is 345 g/mol. The van der Waals surface area contributed by atoms with Crippen molar-refractivity contribution in [2.75, 3.05) is 13.2 Å². The molecule has 1 heterocycles. The Kier molecular flexibility index (Phi) is 5.02. The van der Waals surface area contributed by atoms with Gasteiger partial charge in [-0.05, 0) is 40.8 Å². The number of para-hydroxylation sites is 1. The average Bonchev–Trinajstić information content (AvgIpc) is 3.15. The molecule has 0 aliphatic rings. The second-order valence-electron chi connectivity index (χ2n) is 4.72. The SMILES string of the molecule is O=C(OCCOc1ccccc1Cl)c1cccc(-n2cnnn2)c1. The third-order valence-corrected chi connectivity index (χ3v) is 3.42. The molecule has 122 valence electrons. The van der Waals surface area contributed by atoms with Crippen LogP contribution in [0.2, 0.25) is 5.02 Å². The molecule has 2 aromatic carbocycles. The van der Waals surface area contributed by atoms with Gasteiger partial charge in [-0.2, -0.15) is 0 Å². The minimum atomic E-state index is -0.451. The van der Waals surface area contributed by atoms with Gasteiger partial charge < -0.3 is 9.47 Å². The predicted molar refractivity (Wildman–Crippen MR) is 86.4 cm³/mol. The third kappa shape index (κ3) is 3.88. The Balaban J connectivity index is 1.54. The van der Waals surface area contributed by atoms with Crippen LogP contribution in [0.5, 0.6) is 5.75 Å². The van der Waals surface area contributed by atoms with E-state index in [0.29, 0.717) is 22.0 Å². The molecule has 3 rings (SSSR count). The Labute approximate surface area is 142 Å². The summed E-state index contributed by atoms with van der Waals surface area (Å²) in [6.45, 7) is 0.321. The van der Waals surface area contributed by atoms with Crippen LogP contribution in [-0.2, 0) is 4.74 Å². The van der Waals surface area contributed by atoms with E-state index in [2.05, 4.69) is 15.5 Å². The maximum atomic E-state index is 12.1. The highest BCUT2D eigenvalue weighted by Crippen LogP contribution is 2.22. The summed E-state index contributed by atoms with van der Waals surface area (Å²) >= 11 is 5.98. The quantitative estimate of drug-likeness (QED) is 0.505. The molecule has 0 saturated heterocycles. The molecule has 0 unspecified atom stereocenters. The van der Waals surface area contributed by atoms with E-state index in [9.17, 15) is 4.79 Å². The normalized spacial score (nSPS) is 10.4. The molecule has 0 bridgehead atoms. The molecule has 8 heteroatoms. The van der Waals surface area contributed by atoms with Gasteiger partial charge in [0.25, 0.3) is 0 Å². The van der Waals surface area contributed by atoms with Crippen LogP contribution in [-0.4, -0.2) is 39.4 Å². The smallest absolute Gasteiger partial charge is 0.338 e. The van der Waals surface area contributed by atoms with Gasteiger partial charge in [0.05, 0.1) is 16.3 Å². The molecule has 0 aliphatic carbocycles. The molecule has 3 aromatic rings. The number of ether oxygens (including phenoxy) is 2. The molecule has 0 saturated carbocycles. The Morgan fingerprint density at radius 3 is 2.79 bits per heavy atom. The second-order valence-corrected chi connectivity index (χ2v) is 5.13.